The van der Waals surface area contributed by atoms with Crippen LogP contribution in [0.15, 0.2) is 18.3 Å². The van der Waals surface area contributed by atoms with Gasteiger partial charge in [-0.2, -0.15) is 10.2 Å². The Labute approximate surface area is 186 Å². The second-order valence-corrected chi connectivity index (χ2v) is 7.37. The van der Waals surface area contributed by atoms with Gasteiger partial charge in [0.1, 0.15) is 11.8 Å². The summed E-state index contributed by atoms with van der Waals surface area (Å²) in [6.07, 6.45) is 5.81. The number of ether oxygens (including phenoxy) is 2. The van der Waals surface area contributed by atoms with Gasteiger partial charge in [0.25, 0.3) is 5.88 Å². The Kier molecular flexibility index (Phi) is 8.12. The minimum absolute atomic E-state index is 0.0684. The lowest BCUT2D eigenvalue weighted by atomic mass is 10.2. The lowest BCUT2D eigenvalue weighted by Crippen LogP contribution is -2.21. The molecule has 1 aromatic heterocycles. The van der Waals surface area contributed by atoms with Gasteiger partial charge in [0.15, 0.2) is 5.82 Å². The van der Waals surface area contributed by atoms with E-state index in [1.807, 2.05) is 6.07 Å². The maximum atomic E-state index is 12.5. The molecule has 0 radical (unpaired) electrons. The number of benzene rings is 1. The van der Waals surface area contributed by atoms with Gasteiger partial charge in [0.2, 0.25) is 5.69 Å². The fourth-order valence-electron chi connectivity index (χ4n) is 2.92. The summed E-state index contributed by atoms with van der Waals surface area (Å²) in [7, 11) is 0. The molecular formula is C21H25ClN6O3. The number of carbonyl (C=O) groups excluding carboxylic acids is 1. The van der Waals surface area contributed by atoms with Gasteiger partial charge in [0.05, 0.1) is 35.8 Å². The lowest BCUT2D eigenvalue weighted by Gasteiger charge is -2.16. The SMILES string of the molecule is CCCCNc1cc2c(cc1Cl)NC(=O)Nc1cnc(C#N)c(n1)OCCCCCO2. The number of nitriles is 1. The average Bonchev–Trinajstić information content (AvgIpc) is 2.75. The molecule has 0 saturated heterocycles. The van der Waals surface area contributed by atoms with Crippen molar-refractivity contribution in [3.05, 3.63) is 29.0 Å². The third-order valence-corrected chi connectivity index (χ3v) is 4.85. The molecule has 2 heterocycles. The Morgan fingerprint density at radius 1 is 1.23 bits per heavy atom. The Bertz CT molecular complexity index is 963. The molecule has 1 aliphatic rings. The summed E-state index contributed by atoms with van der Waals surface area (Å²) >= 11 is 6.41. The minimum atomic E-state index is -0.549. The number of hydrogen-bond donors (Lipinski definition) is 3. The van der Waals surface area contributed by atoms with Crippen LogP contribution in [-0.4, -0.2) is 35.8 Å². The normalized spacial score (nSPS) is 14.3. The molecule has 0 atom stereocenters. The third kappa shape index (κ3) is 6.36. The number of anilines is 3. The van der Waals surface area contributed by atoms with Gasteiger partial charge in [-0.1, -0.05) is 24.9 Å². The summed E-state index contributed by atoms with van der Waals surface area (Å²) in [5, 5.41) is 18.3. The van der Waals surface area contributed by atoms with Gasteiger partial charge in [-0.3, -0.25) is 5.32 Å². The Morgan fingerprint density at radius 2 is 2.03 bits per heavy atom. The van der Waals surface area contributed by atoms with Crippen molar-refractivity contribution in [1.82, 2.24) is 9.97 Å². The summed E-state index contributed by atoms with van der Waals surface area (Å²) in [5.41, 5.74) is 1.26. The largest absolute Gasteiger partial charge is 0.491 e. The van der Waals surface area contributed by atoms with Crippen molar-refractivity contribution in [3.8, 4) is 17.7 Å². The molecule has 0 spiro atoms. The summed E-state index contributed by atoms with van der Waals surface area (Å²) in [5.74, 6) is 0.779. The van der Waals surface area contributed by atoms with Gasteiger partial charge >= 0.3 is 6.03 Å². The van der Waals surface area contributed by atoms with E-state index in [-0.39, 0.29) is 17.4 Å². The van der Waals surface area contributed by atoms with Gasteiger partial charge < -0.3 is 20.1 Å². The van der Waals surface area contributed by atoms with Crippen LogP contribution in [0.3, 0.4) is 0 Å². The smallest absolute Gasteiger partial charge is 0.325 e. The maximum Gasteiger partial charge on any atom is 0.325 e. The molecule has 2 aromatic rings. The van der Waals surface area contributed by atoms with E-state index in [1.165, 1.54) is 6.20 Å². The first kappa shape index (κ1) is 22.4. The average molecular weight is 445 g/mol. The molecule has 164 valence electrons. The number of rotatable bonds is 4. The molecule has 1 aromatic carbocycles. The highest BCUT2D eigenvalue weighted by molar-refractivity contribution is 6.33. The highest BCUT2D eigenvalue weighted by atomic mass is 35.5. The van der Waals surface area contributed by atoms with Crippen molar-refractivity contribution >= 4 is 34.8 Å². The second-order valence-electron chi connectivity index (χ2n) is 6.97. The molecule has 3 N–H and O–H groups in total. The highest BCUT2D eigenvalue weighted by Gasteiger charge is 2.15. The molecule has 1 aliphatic heterocycles. The molecule has 2 bridgehead atoms. The predicted molar refractivity (Wildman–Crippen MR) is 119 cm³/mol. The first-order valence-corrected chi connectivity index (χ1v) is 10.7. The van der Waals surface area contributed by atoms with Crippen molar-refractivity contribution in [1.29, 1.82) is 5.26 Å². The molecule has 0 unspecified atom stereocenters. The van der Waals surface area contributed by atoms with E-state index >= 15 is 0 Å². The number of halogens is 1. The molecule has 0 fully saturated rings. The number of carbonyl (C=O) groups is 1. The second kappa shape index (κ2) is 11.2. The number of nitrogens with one attached hydrogen (secondary N) is 3. The fourth-order valence-corrected chi connectivity index (χ4v) is 3.15. The lowest BCUT2D eigenvalue weighted by molar-refractivity contribution is 0.261. The number of hydrogen-bond acceptors (Lipinski definition) is 7. The summed E-state index contributed by atoms with van der Waals surface area (Å²) in [6, 6.07) is 4.84. The monoisotopic (exact) mass is 444 g/mol. The summed E-state index contributed by atoms with van der Waals surface area (Å²) in [4.78, 5) is 20.7. The number of urea groups is 1. The topological polar surface area (TPSA) is 121 Å². The number of nitrogens with zero attached hydrogens (tertiary/aromatic N) is 3. The van der Waals surface area contributed by atoms with Crippen molar-refractivity contribution in [2.75, 3.05) is 35.7 Å². The van der Waals surface area contributed by atoms with E-state index in [2.05, 4.69) is 32.8 Å². The fraction of sp³-hybridized carbons (Fsp3) is 0.429. The summed E-state index contributed by atoms with van der Waals surface area (Å²) < 4.78 is 11.5. The summed E-state index contributed by atoms with van der Waals surface area (Å²) in [6.45, 7) is 3.77. The van der Waals surface area contributed by atoms with Crippen LogP contribution in [0.25, 0.3) is 0 Å². The third-order valence-electron chi connectivity index (χ3n) is 4.54. The number of unbranched alkanes of at least 4 members (excludes halogenated alkanes) is 1. The van der Waals surface area contributed by atoms with E-state index < -0.39 is 6.03 Å². The first-order valence-electron chi connectivity index (χ1n) is 10.3. The van der Waals surface area contributed by atoms with Crippen LogP contribution in [0.4, 0.5) is 22.0 Å². The quantitative estimate of drug-likeness (QED) is 0.579. The molecule has 31 heavy (non-hydrogen) atoms. The van der Waals surface area contributed by atoms with Crippen molar-refractivity contribution < 1.29 is 14.3 Å². The predicted octanol–water partition coefficient (Wildman–Crippen LogP) is 4.80. The molecule has 3 rings (SSSR count). The Hall–Kier alpha value is -3.25. The highest BCUT2D eigenvalue weighted by Crippen LogP contribution is 2.35. The van der Waals surface area contributed by atoms with E-state index in [4.69, 9.17) is 21.1 Å². The van der Waals surface area contributed by atoms with Crippen LogP contribution < -0.4 is 25.4 Å². The van der Waals surface area contributed by atoms with Gasteiger partial charge in [-0.25, -0.2) is 9.78 Å². The van der Waals surface area contributed by atoms with Crippen LogP contribution in [0.5, 0.6) is 11.6 Å². The molecule has 0 aliphatic carbocycles. The Balaban J connectivity index is 1.85. The zero-order valence-electron chi connectivity index (χ0n) is 17.3. The van der Waals surface area contributed by atoms with Crippen molar-refractivity contribution in [3.63, 3.8) is 0 Å². The van der Waals surface area contributed by atoms with Crippen molar-refractivity contribution in [2.24, 2.45) is 0 Å². The van der Waals surface area contributed by atoms with Crippen LogP contribution in [-0.2, 0) is 0 Å². The van der Waals surface area contributed by atoms with Crippen LogP contribution in [0.1, 0.15) is 44.7 Å². The minimum Gasteiger partial charge on any atom is -0.491 e. The Morgan fingerprint density at radius 3 is 2.81 bits per heavy atom. The standard InChI is InChI=1S/C21H25ClN6O3/c1-2-3-7-24-15-11-18-16(10-14(15)22)26-21(29)28-19-13-25-17(12-23)20(27-19)31-9-6-4-5-8-30-18/h10-11,13,24H,2-9H2,1H3,(H2,26,27,28,29). The zero-order chi connectivity index (χ0) is 22.1. The number of aromatic nitrogens is 2. The van der Waals surface area contributed by atoms with E-state index in [0.29, 0.717) is 29.7 Å². The van der Waals surface area contributed by atoms with E-state index in [0.717, 1.165) is 44.3 Å². The van der Waals surface area contributed by atoms with Crippen LogP contribution in [0.2, 0.25) is 5.02 Å². The van der Waals surface area contributed by atoms with Crippen LogP contribution >= 0.6 is 11.6 Å². The van der Waals surface area contributed by atoms with E-state index in [1.54, 1.807) is 12.1 Å². The molecule has 9 nitrogen and oxygen atoms in total. The first-order chi connectivity index (χ1) is 15.1. The maximum absolute atomic E-state index is 12.5. The van der Waals surface area contributed by atoms with Crippen molar-refractivity contribution in [2.45, 2.75) is 39.0 Å². The van der Waals surface area contributed by atoms with Crippen LogP contribution in [0, 0.1) is 11.3 Å². The molecule has 10 heteroatoms. The zero-order valence-corrected chi connectivity index (χ0v) is 18.1. The number of fused-ring (bicyclic) bond motifs is 3. The number of amides is 2. The molecule has 2 amide bonds. The van der Waals surface area contributed by atoms with Gasteiger partial charge in [-0.05, 0) is 31.7 Å². The van der Waals surface area contributed by atoms with Gasteiger partial charge in [-0.15, -0.1) is 0 Å². The molecule has 0 saturated carbocycles. The van der Waals surface area contributed by atoms with Gasteiger partial charge in [0, 0.05) is 12.6 Å². The van der Waals surface area contributed by atoms with E-state index in [9.17, 15) is 10.1 Å². The molecular weight excluding hydrogens is 420 g/mol.